The maximum Gasteiger partial charge on any atom is 0.259 e. The van der Waals surface area contributed by atoms with Crippen LogP contribution < -0.4 is 26.0 Å². The molecular weight excluding hydrogens is 1120 g/mol. The number of rotatable bonds is 9. The number of nitrogens with one attached hydrogen (secondary N) is 4. The molecule has 0 heterocycles. The Morgan fingerprint density at radius 1 is 0.352 bits per heavy atom. The second-order valence-corrected chi connectivity index (χ2v) is 22.0. The van der Waals surface area contributed by atoms with Gasteiger partial charge >= 0.3 is 0 Å². The molecule has 0 spiro atoms. The summed E-state index contributed by atoms with van der Waals surface area (Å²) in [4.78, 5) is 49.4. The van der Waals surface area contributed by atoms with Crippen LogP contribution in [0.1, 0.15) is 73.3 Å². The van der Waals surface area contributed by atoms with E-state index < -0.39 is 0 Å². The Morgan fingerprint density at radius 2 is 0.591 bits per heavy atom. The lowest BCUT2D eigenvalue weighted by atomic mass is 9.87. The number of hydrogen-bond acceptors (Lipinski definition) is 9. The number of phenols is 4. The molecule has 0 saturated carbocycles. The minimum Gasteiger partial charge on any atom is -0.507 e. The molecule has 14 heteroatoms. The molecule has 13 nitrogen and oxygen atoms in total. The Balaban J connectivity index is 0.000000140. The Hall–Kier alpha value is -11.2. The molecule has 12 aromatic carbocycles. The molecule has 88 heavy (non-hydrogen) atoms. The number of amides is 4. The molecule has 440 valence electrons. The highest BCUT2D eigenvalue weighted by Crippen LogP contribution is 2.31. The highest BCUT2D eigenvalue weighted by atomic mass is 35.5. The fraction of sp³-hybridized carbons (Fsp3) is 0.0811. The van der Waals surface area contributed by atoms with Crippen molar-refractivity contribution in [3.05, 3.63) is 281 Å². The number of aryl methyl sites for hydroxylation is 1. The normalized spacial score (nSPS) is 10.8. The SMILES string of the molecule is CC(C)(C)c1ccc(NC(=O)c2cc3ccccc3cc2O)cc1.COc1ccc(NC(=O)c2cc3ccccc3cc2O)cc1.Cc1ccc(NC(=O)c2cc3ccccc3cc2O)cc1.O=C(Nc1ccc(Cl)cc1)c1cc2ccccc2cc1O. The third kappa shape index (κ3) is 15.8. The smallest absolute Gasteiger partial charge is 0.259 e. The summed E-state index contributed by atoms with van der Waals surface area (Å²) < 4.78 is 5.07. The van der Waals surface area contributed by atoms with Crippen LogP contribution in [0.5, 0.6) is 28.7 Å². The number of benzene rings is 12. The number of methoxy groups -OCH3 is 1. The summed E-state index contributed by atoms with van der Waals surface area (Å²) in [6.07, 6.45) is 0. The van der Waals surface area contributed by atoms with Gasteiger partial charge in [-0.05, 0) is 182 Å². The van der Waals surface area contributed by atoms with E-state index in [1.165, 1.54) is 5.56 Å². The van der Waals surface area contributed by atoms with Crippen molar-refractivity contribution in [3.63, 3.8) is 0 Å². The van der Waals surface area contributed by atoms with Crippen LogP contribution in [-0.2, 0) is 5.41 Å². The van der Waals surface area contributed by atoms with Crippen molar-refractivity contribution in [1.29, 1.82) is 0 Å². The van der Waals surface area contributed by atoms with Gasteiger partial charge in [-0.3, -0.25) is 19.2 Å². The Morgan fingerprint density at radius 3 is 0.852 bits per heavy atom. The van der Waals surface area contributed by atoms with Crippen LogP contribution >= 0.6 is 11.6 Å². The zero-order chi connectivity index (χ0) is 62.5. The maximum absolute atomic E-state index is 12.5. The largest absolute Gasteiger partial charge is 0.507 e. The van der Waals surface area contributed by atoms with E-state index in [-0.39, 0.29) is 74.3 Å². The summed E-state index contributed by atoms with van der Waals surface area (Å²) in [6.45, 7) is 8.43. The van der Waals surface area contributed by atoms with Gasteiger partial charge in [0.05, 0.1) is 29.4 Å². The summed E-state index contributed by atoms with van der Waals surface area (Å²) in [5.41, 5.74) is 6.10. The molecule has 0 aliphatic heterocycles. The first kappa shape index (κ1) is 61.4. The van der Waals surface area contributed by atoms with Crippen LogP contribution in [0.25, 0.3) is 43.1 Å². The van der Waals surface area contributed by atoms with Gasteiger partial charge in [-0.2, -0.15) is 0 Å². The summed E-state index contributed by atoms with van der Waals surface area (Å²) in [7, 11) is 1.58. The number of halogens is 1. The van der Waals surface area contributed by atoms with Gasteiger partial charge < -0.3 is 46.4 Å². The first-order chi connectivity index (χ1) is 42.3. The Bertz CT molecular complexity index is 4350. The van der Waals surface area contributed by atoms with E-state index >= 15 is 0 Å². The third-order valence-corrected chi connectivity index (χ3v) is 14.5. The zero-order valence-electron chi connectivity index (χ0n) is 48.8. The van der Waals surface area contributed by atoms with Crippen molar-refractivity contribution >= 4 is 101 Å². The minimum absolute atomic E-state index is 0.0155. The van der Waals surface area contributed by atoms with E-state index in [1.807, 2.05) is 153 Å². The summed E-state index contributed by atoms with van der Waals surface area (Å²) >= 11 is 5.80. The molecular formula is C74H63ClN4O9. The van der Waals surface area contributed by atoms with Crippen molar-refractivity contribution in [2.24, 2.45) is 0 Å². The predicted molar refractivity (Wildman–Crippen MR) is 355 cm³/mol. The van der Waals surface area contributed by atoms with Gasteiger partial charge in [0.2, 0.25) is 0 Å². The average molecular weight is 1190 g/mol. The number of phenolic OH excluding ortho intramolecular Hbond substituents is 4. The summed E-state index contributed by atoms with van der Waals surface area (Å²) in [5, 5.41) is 59.2. The van der Waals surface area contributed by atoms with Crippen LogP contribution in [0.4, 0.5) is 22.7 Å². The lowest BCUT2D eigenvalue weighted by molar-refractivity contribution is 0.101. The molecule has 0 unspecified atom stereocenters. The molecule has 0 fully saturated rings. The lowest BCUT2D eigenvalue weighted by Crippen LogP contribution is -2.13. The molecule has 0 bridgehead atoms. The quantitative estimate of drug-likeness (QED) is 0.0691. The van der Waals surface area contributed by atoms with E-state index in [9.17, 15) is 39.6 Å². The van der Waals surface area contributed by atoms with Gasteiger partial charge in [-0.25, -0.2) is 0 Å². The molecule has 0 aromatic heterocycles. The number of aromatic hydroxyl groups is 4. The standard InChI is InChI=1S/C21H21NO2.C18H15NO3.C18H15NO2.C17H12ClNO2/c1-21(2,3)16-8-10-17(11-9-16)22-20(24)18-12-14-6-4-5-7-15(14)13-19(18)23;1-22-15-8-6-14(7-9-15)19-18(21)16-10-12-4-2-3-5-13(12)11-17(16)20;1-12-6-8-15(9-7-12)19-18(21)16-10-13-4-2-3-5-14(13)11-17(16)20;18-13-5-7-14(8-6-13)19-17(21)15-9-11-3-1-2-4-12(11)10-16(15)20/h4-13,23H,1-3H3,(H,22,24);2-11,20H,1H3,(H,19,21);2-11,20H,1H3,(H,19,21);1-10,20H,(H,19,21). The van der Waals surface area contributed by atoms with Gasteiger partial charge in [0.15, 0.2) is 0 Å². The molecule has 0 radical (unpaired) electrons. The lowest BCUT2D eigenvalue weighted by Gasteiger charge is -2.19. The Kier molecular flexibility index (Phi) is 19.3. The van der Waals surface area contributed by atoms with Crippen molar-refractivity contribution in [2.45, 2.75) is 33.1 Å². The van der Waals surface area contributed by atoms with Crippen molar-refractivity contribution in [1.82, 2.24) is 0 Å². The number of ether oxygens (including phenoxy) is 1. The van der Waals surface area contributed by atoms with Crippen LogP contribution in [-0.4, -0.2) is 51.2 Å². The highest BCUT2D eigenvalue weighted by molar-refractivity contribution is 6.30. The molecule has 8 N–H and O–H groups in total. The second kappa shape index (κ2) is 27.7. The Labute approximate surface area is 514 Å². The molecule has 0 saturated heterocycles. The summed E-state index contributed by atoms with van der Waals surface area (Å²) in [5.74, 6) is -0.745. The van der Waals surface area contributed by atoms with E-state index in [0.29, 0.717) is 33.5 Å². The minimum atomic E-state index is -0.361. The van der Waals surface area contributed by atoms with E-state index in [1.54, 1.807) is 104 Å². The summed E-state index contributed by atoms with van der Waals surface area (Å²) in [6, 6.07) is 72.7. The molecule has 0 aliphatic rings. The van der Waals surface area contributed by atoms with Gasteiger partial charge in [0.25, 0.3) is 23.6 Å². The molecule has 12 rings (SSSR count). The fourth-order valence-corrected chi connectivity index (χ4v) is 9.46. The monoisotopic (exact) mass is 1190 g/mol. The van der Waals surface area contributed by atoms with Crippen LogP contribution in [0.3, 0.4) is 0 Å². The van der Waals surface area contributed by atoms with E-state index in [4.69, 9.17) is 16.3 Å². The highest BCUT2D eigenvalue weighted by Gasteiger charge is 2.18. The number of fused-ring (bicyclic) bond motifs is 4. The van der Waals surface area contributed by atoms with E-state index in [0.717, 1.165) is 48.7 Å². The fourth-order valence-electron chi connectivity index (χ4n) is 9.33. The first-order valence-corrected chi connectivity index (χ1v) is 28.4. The number of carbonyl (C=O) groups excluding carboxylic acids is 4. The zero-order valence-corrected chi connectivity index (χ0v) is 49.6. The van der Waals surface area contributed by atoms with E-state index in [2.05, 4.69) is 42.0 Å². The van der Waals surface area contributed by atoms with Crippen LogP contribution in [0, 0.1) is 6.92 Å². The average Bonchev–Trinajstić information content (AvgIpc) is 1.98. The van der Waals surface area contributed by atoms with Gasteiger partial charge in [0.1, 0.15) is 28.7 Å². The molecule has 4 amide bonds. The van der Waals surface area contributed by atoms with Crippen LogP contribution in [0.2, 0.25) is 5.02 Å². The first-order valence-electron chi connectivity index (χ1n) is 28.0. The van der Waals surface area contributed by atoms with Gasteiger partial charge in [0, 0.05) is 27.8 Å². The van der Waals surface area contributed by atoms with Crippen molar-refractivity contribution < 1.29 is 44.3 Å². The van der Waals surface area contributed by atoms with Crippen molar-refractivity contribution in [2.75, 3.05) is 28.4 Å². The number of hydrogen-bond donors (Lipinski definition) is 8. The van der Waals surface area contributed by atoms with Crippen LogP contribution in [0.15, 0.2) is 243 Å². The molecule has 0 aliphatic carbocycles. The topological polar surface area (TPSA) is 207 Å². The molecule has 0 atom stereocenters. The third-order valence-electron chi connectivity index (χ3n) is 14.2. The van der Waals surface area contributed by atoms with Gasteiger partial charge in [-0.1, -0.05) is 159 Å². The van der Waals surface area contributed by atoms with Gasteiger partial charge in [-0.15, -0.1) is 0 Å². The maximum atomic E-state index is 12.5. The molecule has 12 aromatic rings. The number of carbonyl (C=O) groups is 4. The van der Waals surface area contributed by atoms with Crippen molar-refractivity contribution in [3.8, 4) is 28.7 Å². The number of anilines is 4. The predicted octanol–water partition coefficient (Wildman–Crippen LogP) is 17.5. The second-order valence-electron chi connectivity index (χ2n) is 21.6.